The zero-order valence-electron chi connectivity index (χ0n) is 25.9. The van der Waals surface area contributed by atoms with E-state index in [0.717, 1.165) is 18.6 Å². The highest BCUT2D eigenvalue weighted by Gasteiger charge is 2.56. The van der Waals surface area contributed by atoms with Crippen LogP contribution in [0.3, 0.4) is 0 Å². The highest BCUT2D eigenvalue weighted by molar-refractivity contribution is 5.43. The first kappa shape index (κ1) is 28.8. The Morgan fingerprint density at radius 3 is 2.54 bits per heavy atom. The van der Waals surface area contributed by atoms with Crippen molar-refractivity contribution >= 4 is 0 Å². The molecule has 1 heterocycles. The molecule has 1 N–H and O–H groups in total. The van der Waals surface area contributed by atoms with Crippen molar-refractivity contribution in [2.24, 2.45) is 23.2 Å². The first-order chi connectivity index (χ1) is 19.8. The molecule has 2 fully saturated rings. The molecule has 3 unspecified atom stereocenters. The molecule has 2 aromatic carbocycles. The van der Waals surface area contributed by atoms with Crippen LogP contribution in [0.2, 0.25) is 0 Å². The molecule has 6 rings (SSSR count). The molecule has 1 saturated carbocycles. The minimum Gasteiger partial charge on any atom is -0.489 e. The van der Waals surface area contributed by atoms with Crippen LogP contribution in [0.15, 0.2) is 59.8 Å². The van der Waals surface area contributed by atoms with Gasteiger partial charge in [0.25, 0.3) is 0 Å². The van der Waals surface area contributed by atoms with Crippen LogP contribution in [0.5, 0.6) is 5.75 Å². The van der Waals surface area contributed by atoms with Gasteiger partial charge in [-0.3, -0.25) is 0 Å². The number of hydrazine groups is 1. The van der Waals surface area contributed by atoms with E-state index in [9.17, 15) is 0 Å². The summed E-state index contributed by atoms with van der Waals surface area (Å²) in [7, 11) is 4.26. The summed E-state index contributed by atoms with van der Waals surface area (Å²) in [5, 5.41) is 2.15. The smallest absolute Gasteiger partial charge is 0.166 e. The predicted molar refractivity (Wildman–Crippen MR) is 164 cm³/mol. The van der Waals surface area contributed by atoms with Gasteiger partial charge in [-0.05, 0) is 97.1 Å². The molecule has 0 spiro atoms. The molecule has 5 atom stereocenters. The van der Waals surface area contributed by atoms with Crippen molar-refractivity contribution in [3.63, 3.8) is 0 Å². The zero-order chi connectivity index (χ0) is 28.6. The second-order valence-electron chi connectivity index (χ2n) is 13.7. The van der Waals surface area contributed by atoms with E-state index in [2.05, 4.69) is 93.8 Å². The summed E-state index contributed by atoms with van der Waals surface area (Å²) in [6.07, 6.45) is 9.35. The van der Waals surface area contributed by atoms with Crippen molar-refractivity contribution in [1.82, 2.24) is 10.4 Å². The summed E-state index contributed by atoms with van der Waals surface area (Å²) in [4.78, 5) is 0. The molecule has 1 aliphatic heterocycles. The SMILES string of the molecule is CCC[C@@H]1Cc2cc(OCc3ccccc3)ccc2C2CC[C@]3(C)C(NN(C)C)=C(CCC4(C)OCCO4)CC3C21. The molecule has 0 radical (unpaired) electrons. The van der Waals surface area contributed by atoms with E-state index in [4.69, 9.17) is 14.2 Å². The fourth-order valence-electron chi connectivity index (χ4n) is 8.77. The van der Waals surface area contributed by atoms with E-state index >= 15 is 0 Å². The Labute approximate surface area is 247 Å². The summed E-state index contributed by atoms with van der Waals surface area (Å²) in [5.41, 5.74) is 11.4. The van der Waals surface area contributed by atoms with Gasteiger partial charge in [-0.15, -0.1) is 0 Å². The molecule has 4 aliphatic rings. The number of benzene rings is 2. The van der Waals surface area contributed by atoms with Gasteiger partial charge < -0.3 is 19.6 Å². The lowest BCUT2D eigenvalue weighted by molar-refractivity contribution is -0.146. The zero-order valence-corrected chi connectivity index (χ0v) is 25.9. The molecule has 2 aromatic rings. The van der Waals surface area contributed by atoms with Crippen molar-refractivity contribution < 1.29 is 14.2 Å². The van der Waals surface area contributed by atoms with Gasteiger partial charge in [-0.1, -0.05) is 63.1 Å². The first-order valence-electron chi connectivity index (χ1n) is 16.0. The topological polar surface area (TPSA) is 43.0 Å². The van der Waals surface area contributed by atoms with Crippen molar-refractivity contribution in [1.29, 1.82) is 0 Å². The van der Waals surface area contributed by atoms with Gasteiger partial charge in [0.15, 0.2) is 5.79 Å². The van der Waals surface area contributed by atoms with Crippen molar-refractivity contribution in [2.45, 2.75) is 90.4 Å². The number of hydrogen-bond acceptors (Lipinski definition) is 5. The number of rotatable bonds is 10. The summed E-state index contributed by atoms with van der Waals surface area (Å²) in [6.45, 7) is 9.09. The van der Waals surface area contributed by atoms with Crippen LogP contribution in [0, 0.1) is 23.2 Å². The molecular formula is C36H50N2O3. The number of ether oxygens (including phenoxy) is 3. The Hall–Kier alpha value is -2.34. The third-order valence-corrected chi connectivity index (χ3v) is 10.7. The maximum absolute atomic E-state index is 6.28. The molecular weight excluding hydrogens is 508 g/mol. The van der Waals surface area contributed by atoms with Gasteiger partial charge in [0.1, 0.15) is 12.4 Å². The van der Waals surface area contributed by atoms with E-state index < -0.39 is 5.79 Å². The molecule has 41 heavy (non-hydrogen) atoms. The third kappa shape index (κ3) is 5.70. The number of fused-ring (bicyclic) bond motifs is 5. The number of nitrogens with zero attached hydrogens (tertiary/aromatic N) is 1. The highest BCUT2D eigenvalue weighted by Crippen LogP contribution is 2.64. The molecule has 1 saturated heterocycles. The van der Waals surface area contributed by atoms with E-state index in [1.165, 1.54) is 55.3 Å². The van der Waals surface area contributed by atoms with Gasteiger partial charge in [0.2, 0.25) is 0 Å². The maximum atomic E-state index is 6.28. The second kappa shape index (κ2) is 11.7. The largest absolute Gasteiger partial charge is 0.489 e. The number of hydrogen-bond donors (Lipinski definition) is 1. The third-order valence-electron chi connectivity index (χ3n) is 10.7. The van der Waals surface area contributed by atoms with Gasteiger partial charge in [-0.25, -0.2) is 5.01 Å². The van der Waals surface area contributed by atoms with E-state index in [1.807, 2.05) is 0 Å². The predicted octanol–water partition coefficient (Wildman–Crippen LogP) is 7.62. The summed E-state index contributed by atoms with van der Waals surface area (Å²) in [5.74, 6) is 3.29. The van der Waals surface area contributed by atoms with Crippen molar-refractivity contribution in [2.75, 3.05) is 27.3 Å². The first-order valence-corrected chi connectivity index (χ1v) is 16.0. The maximum Gasteiger partial charge on any atom is 0.166 e. The minimum atomic E-state index is -0.442. The van der Waals surface area contributed by atoms with Gasteiger partial charge in [0.05, 0.1) is 13.2 Å². The van der Waals surface area contributed by atoms with Gasteiger partial charge in [0, 0.05) is 31.6 Å². The summed E-state index contributed by atoms with van der Waals surface area (Å²) in [6, 6.07) is 17.5. The van der Waals surface area contributed by atoms with Crippen LogP contribution in [0.25, 0.3) is 0 Å². The van der Waals surface area contributed by atoms with Gasteiger partial charge >= 0.3 is 0 Å². The normalized spacial score (nSPS) is 30.2. The average molecular weight is 559 g/mol. The van der Waals surface area contributed by atoms with Crippen LogP contribution in [0.4, 0.5) is 0 Å². The molecule has 0 amide bonds. The monoisotopic (exact) mass is 558 g/mol. The molecule has 5 nitrogen and oxygen atoms in total. The van der Waals surface area contributed by atoms with Crippen LogP contribution >= 0.6 is 0 Å². The highest BCUT2D eigenvalue weighted by atomic mass is 16.7. The Bertz CT molecular complexity index is 1230. The lowest BCUT2D eigenvalue weighted by atomic mass is 9.52. The Morgan fingerprint density at radius 2 is 1.80 bits per heavy atom. The fourth-order valence-corrected chi connectivity index (χ4v) is 8.77. The molecule has 222 valence electrons. The van der Waals surface area contributed by atoms with Crippen molar-refractivity contribution in [3.8, 4) is 5.75 Å². The van der Waals surface area contributed by atoms with Gasteiger partial charge in [-0.2, -0.15) is 0 Å². The van der Waals surface area contributed by atoms with Crippen LogP contribution in [0.1, 0.15) is 88.3 Å². The van der Waals surface area contributed by atoms with E-state index in [1.54, 1.807) is 11.1 Å². The Kier molecular flexibility index (Phi) is 8.24. The lowest BCUT2D eigenvalue weighted by Gasteiger charge is -2.53. The molecule has 3 aliphatic carbocycles. The van der Waals surface area contributed by atoms with E-state index in [0.29, 0.717) is 43.5 Å². The van der Waals surface area contributed by atoms with Crippen LogP contribution < -0.4 is 10.2 Å². The Balaban J connectivity index is 1.26. The Morgan fingerprint density at radius 1 is 1.02 bits per heavy atom. The second-order valence-corrected chi connectivity index (χ2v) is 13.7. The molecule has 5 heteroatoms. The minimum absolute atomic E-state index is 0.182. The van der Waals surface area contributed by atoms with E-state index in [-0.39, 0.29) is 5.41 Å². The van der Waals surface area contributed by atoms with Crippen LogP contribution in [-0.4, -0.2) is 38.1 Å². The number of allylic oxidation sites excluding steroid dienone is 2. The molecule has 0 bridgehead atoms. The van der Waals surface area contributed by atoms with Crippen LogP contribution in [-0.2, 0) is 22.5 Å². The van der Waals surface area contributed by atoms with Crippen molar-refractivity contribution in [3.05, 3.63) is 76.5 Å². The summed E-state index contributed by atoms with van der Waals surface area (Å²) < 4.78 is 18.3. The summed E-state index contributed by atoms with van der Waals surface area (Å²) >= 11 is 0. The quantitative estimate of drug-likeness (QED) is 0.304. The number of nitrogens with one attached hydrogen (secondary N) is 1. The lowest BCUT2D eigenvalue weighted by Crippen LogP contribution is -2.48. The fraction of sp³-hybridized carbons (Fsp3) is 0.611. The molecule has 0 aromatic heterocycles. The average Bonchev–Trinajstić information content (AvgIpc) is 3.52. The standard InChI is InChI=1S/C36H50N2O3/c1-6-10-26-21-28-22-29(39-24-25-11-8-7-9-12-25)13-14-30(28)31-16-17-35(2)32(33(26)31)23-27(34(35)37-38(4)5)15-18-36(3)40-19-20-41-36/h7-9,11-14,22,26,31-33,37H,6,10,15-21,23-24H2,1-5H3/t26-,31?,32?,33?,35+/m1/s1.